The molecule has 0 aliphatic heterocycles. The summed E-state index contributed by atoms with van der Waals surface area (Å²) in [6.07, 6.45) is 3.86. The summed E-state index contributed by atoms with van der Waals surface area (Å²) in [5.74, 6) is 0.750. The van der Waals surface area contributed by atoms with Crippen molar-refractivity contribution < 1.29 is 13.9 Å². The molecule has 0 amide bonds. The Labute approximate surface area is 148 Å². The summed E-state index contributed by atoms with van der Waals surface area (Å²) in [5.41, 5.74) is 3.36. The Morgan fingerprint density at radius 1 is 1.16 bits per heavy atom. The molecule has 1 heterocycles. The monoisotopic (exact) mass is 342 g/mol. The van der Waals surface area contributed by atoms with Gasteiger partial charge in [0, 0.05) is 11.1 Å². The van der Waals surface area contributed by atoms with E-state index >= 15 is 0 Å². The largest absolute Gasteiger partial charge is 0.468 e. The van der Waals surface area contributed by atoms with E-state index in [0.717, 1.165) is 11.1 Å². The minimum Gasteiger partial charge on any atom is -0.468 e. The number of hydrogen-bond donors (Lipinski definition) is 0. The van der Waals surface area contributed by atoms with Gasteiger partial charge in [-0.25, -0.2) is 0 Å². The van der Waals surface area contributed by atoms with E-state index in [9.17, 15) is 9.59 Å². The molecule has 1 aromatic heterocycles. The lowest BCUT2D eigenvalue weighted by molar-refractivity contribution is -0.112. The first-order valence-corrected chi connectivity index (χ1v) is 8.37. The maximum absolute atomic E-state index is 12.7. The summed E-state index contributed by atoms with van der Waals surface area (Å²) < 4.78 is 11.3. The van der Waals surface area contributed by atoms with Crippen LogP contribution in [0.4, 0.5) is 0 Å². The maximum atomic E-state index is 12.7. The third-order valence-electron chi connectivity index (χ3n) is 5.11. The van der Waals surface area contributed by atoms with Crippen LogP contribution in [0.25, 0.3) is 0 Å². The Kier molecular flexibility index (Phi) is 4.94. The van der Waals surface area contributed by atoms with E-state index in [0.29, 0.717) is 28.0 Å². The van der Waals surface area contributed by atoms with Crippen LogP contribution in [0, 0.1) is 13.8 Å². The average Bonchev–Trinajstić information content (AvgIpc) is 2.57. The lowest BCUT2D eigenvalue weighted by Crippen LogP contribution is -2.33. The van der Waals surface area contributed by atoms with E-state index in [1.165, 1.54) is 7.11 Å². The fourth-order valence-corrected chi connectivity index (χ4v) is 3.81. The molecule has 134 valence electrons. The summed E-state index contributed by atoms with van der Waals surface area (Å²) in [6, 6.07) is 0. The molecule has 0 saturated heterocycles. The number of ketones is 1. The van der Waals surface area contributed by atoms with Gasteiger partial charge in [0.15, 0.2) is 11.2 Å². The number of methoxy groups -OCH3 is 1. The van der Waals surface area contributed by atoms with Crippen LogP contribution < -0.4 is 10.2 Å². The molecule has 0 saturated carbocycles. The van der Waals surface area contributed by atoms with Crippen LogP contribution in [0.3, 0.4) is 0 Å². The van der Waals surface area contributed by atoms with Gasteiger partial charge >= 0.3 is 0 Å². The molecule has 4 nitrogen and oxygen atoms in total. The topological polar surface area (TPSA) is 56.5 Å². The van der Waals surface area contributed by atoms with Crippen LogP contribution in [0.2, 0.25) is 0 Å². The van der Waals surface area contributed by atoms with Crippen molar-refractivity contribution >= 4 is 5.78 Å². The minimum atomic E-state index is -0.719. The highest BCUT2D eigenvalue weighted by Crippen LogP contribution is 2.45. The molecular weight excluding hydrogens is 316 g/mol. The molecular formula is C21H26O4. The lowest BCUT2D eigenvalue weighted by atomic mass is 9.68. The van der Waals surface area contributed by atoms with Gasteiger partial charge in [0.25, 0.3) is 5.95 Å². The van der Waals surface area contributed by atoms with Crippen LogP contribution in [-0.2, 0) is 10.2 Å². The highest BCUT2D eigenvalue weighted by Gasteiger charge is 2.41. The Bertz CT molecular complexity index is 893. The molecule has 1 aliphatic carbocycles. The predicted molar refractivity (Wildman–Crippen MR) is 99.3 cm³/mol. The van der Waals surface area contributed by atoms with Gasteiger partial charge in [0.05, 0.1) is 18.1 Å². The molecule has 0 spiro atoms. The van der Waals surface area contributed by atoms with Crippen LogP contribution in [0.5, 0.6) is 5.95 Å². The van der Waals surface area contributed by atoms with Crippen molar-refractivity contribution in [3.63, 3.8) is 0 Å². The van der Waals surface area contributed by atoms with Gasteiger partial charge in [0.2, 0.25) is 0 Å². The second kappa shape index (κ2) is 6.51. The number of carbonyl (C=O) groups is 1. The fraction of sp³-hybridized carbons (Fsp3) is 0.429. The molecule has 0 N–H and O–H groups in total. The SMILES string of the molecule is C/C=C(\C)C1=C(C)C(=O)C(C)=C[C@@]1(C)c1oc(OC)c(C)c(=O)c1C. The van der Waals surface area contributed by atoms with E-state index < -0.39 is 5.41 Å². The zero-order chi connectivity index (χ0) is 19.1. The lowest BCUT2D eigenvalue weighted by Gasteiger charge is -2.35. The highest BCUT2D eigenvalue weighted by atomic mass is 16.6. The molecule has 25 heavy (non-hydrogen) atoms. The molecule has 0 unspecified atom stereocenters. The Balaban J connectivity index is 2.94. The van der Waals surface area contributed by atoms with Crippen molar-refractivity contribution in [1.82, 2.24) is 0 Å². The first-order valence-electron chi connectivity index (χ1n) is 8.37. The van der Waals surface area contributed by atoms with Gasteiger partial charge in [-0.15, -0.1) is 0 Å². The quantitative estimate of drug-likeness (QED) is 0.820. The van der Waals surface area contributed by atoms with Gasteiger partial charge in [-0.1, -0.05) is 17.7 Å². The molecule has 0 aromatic carbocycles. The van der Waals surface area contributed by atoms with Gasteiger partial charge < -0.3 is 9.15 Å². The number of ether oxygens (including phenoxy) is 1. The van der Waals surface area contributed by atoms with Crippen molar-refractivity contribution in [1.29, 1.82) is 0 Å². The first kappa shape index (κ1) is 19.0. The van der Waals surface area contributed by atoms with Crippen LogP contribution in [0.1, 0.15) is 51.5 Å². The number of hydrogen-bond acceptors (Lipinski definition) is 4. The van der Waals surface area contributed by atoms with E-state index in [2.05, 4.69) is 0 Å². The number of allylic oxidation sites excluding steroid dienone is 6. The standard InChI is InChI=1S/C21H26O4/c1-9-11(2)16-13(4)17(22)12(3)10-21(16,7)19-14(5)18(23)15(6)20(24-8)25-19/h9-10H,1-8H3/b11-9+/t21-/m1/s1. The predicted octanol–water partition coefficient (Wildman–Crippen LogP) is 4.33. The van der Waals surface area contributed by atoms with Crippen LogP contribution >= 0.6 is 0 Å². The van der Waals surface area contributed by atoms with E-state index in [1.807, 2.05) is 39.8 Å². The maximum Gasteiger partial charge on any atom is 0.291 e. The molecule has 0 bridgehead atoms. The molecule has 4 heteroatoms. The van der Waals surface area contributed by atoms with Crippen molar-refractivity contribution in [2.24, 2.45) is 0 Å². The smallest absolute Gasteiger partial charge is 0.291 e. The number of carbonyl (C=O) groups excluding carboxylic acids is 1. The number of rotatable bonds is 3. The summed E-state index contributed by atoms with van der Waals surface area (Å²) in [5, 5.41) is 0. The van der Waals surface area contributed by atoms with Gasteiger partial charge in [-0.05, 0) is 59.6 Å². The summed E-state index contributed by atoms with van der Waals surface area (Å²) in [6.45, 7) is 13.0. The summed E-state index contributed by atoms with van der Waals surface area (Å²) in [7, 11) is 1.48. The Morgan fingerprint density at radius 3 is 2.28 bits per heavy atom. The summed E-state index contributed by atoms with van der Waals surface area (Å²) in [4.78, 5) is 25.2. The van der Waals surface area contributed by atoms with Gasteiger partial charge in [-0.2, -0.15) is 0 Å². The van der Waals surface area contributed by atoms with E-state index in [-0.39, 0.29) is 17.2 Å². The minimum absolute atomic E-state index is 0.0211. The normalized spacial score (nSPS) is 21.5. The zero-order valence-electron chi connectivity index (χ0n) is 16.3. The zero-order valence-corrected chi connectivity index (χ0v) is 16.3. The molecule has 0 fully saturated rings. The van der Waals surface area contributed by atoms with Crippen molar-refractivity contribution in [3.05, 3.63) is 61.6 Å². The highest BCUT2D eigenvalue weighted by molar-refractivity contribution is 6.10. The molecule has 0 radical (unpaired) electrons. The molecule has 2 rings (SSSR count). The molecule has 1 atom stereocenters. The van der Waals surface area contributed by atoms with E-state index in [1.54, 1.807) is 20.8 Å². The number of Topliss-reactive ketones (excluding diaryl/α,β-unsaturated/α-hetero) is 1. The van der Waals surface area contributed by atoms with Gasteiger partial charge in [0.1, 0.15) is 5.76 Å². The first-order chi connectivity index (χ1) is 11.6. The van der Waals surface area contributed by atoms with Crippen LogP contribution in [-0.4, -0.2) is 12.9 Å². The summed E-state index contributed by atoms with van der Waals surface area (Å²) >= 11 is 0. The molecule has 1 aliphatic rings. The van der Waals surface area contributed by atoms with Crippen molar-refractivity contribution in [2.45, 2.75) is 53.9 Å². The molecule has 1 aromatic rings. The average molecular weight is 342 g/mol. The van der Waals surface area contributed by atoms with Crippen molar-refractivity contribution in [3.8, 4) is 5.95 Å². The Morgan fingerprint density at radius 2 is 1.76 bits per heavy atom. The second-order valence-corrected chi connectivity index (χ2v) is 6.83. The van der Waals surface area contributed by atoms with Crippen LogP contribution in [0.15, 0.2) is 43.7 Å². The third-order valence-corrected chi connectivity index (χ3v) is 5.11. The second-order valence-electron chi connectivity index (χ2n) is 6.83. The van der Waals surface area contributed by atoms with Gasteiger partial charge in [-0.3, -0.25) is 9.59 Å². The fourth-order valence-electron chi connectivity index (χ4n) is 3.81. The third kappa shape index (κ3) is 2.80. The van der Waals surface area contributed by atoms with Crippen molar-refractivity contribution in [2.75, 3.05) is 7.11 Å². The Hall–Kier alpha value is -2.36. The van der Waals surface area contributed by atoms with E-state index in [4.69, 9.17) is 9.15 Å².